The summed E-state index contributed by atoms with van der Waals surface area (Å²) >= 11 is 5.88. The van der Waals surface area contributed by atoms with Gasteiger partial charge >= 0.3 is 0 Å². The fourth-order valence-corrected chi connectivity index (χ4v) is 2.62. The second kappa shape index (κ2) is 6.80. The highest BCUT2D eigenvalue weighted by atomic mass is 35.5. The van der Waals surface area contributed by atoms with E-state index in [4.69, 9.17) is 16.3 Å². The quantitative estimate of drug-likeness (QED) is 0.923. The summed E-state index contributed by atoms with van der Waals surface area (Å²) in [6, 6.07) is 8.03. The maximum atomic E-state index is 12.2. The zero-order valence-electron chi connectivity index (χ0n) is 13.0. The Labute approximate surface area is 132 Å². The number of amides is 1. The molecule has 1 amide bonds. The van der Waals surface area contributed by atoms with Crippen molar-refractivity contribution in [3.8, 4) is 0 Å². The van der Waals surface area contributed by atoms with Gasteiger partial charge in [0.2, 0.25) is 5.91 Å². The number of ether oxygens (including phenoxy) is 1. The first-order valence-corrected chi connectivity index (χ1v) is 7.90. The number of benzene rings is 1. The molecule has 1 N–H and O–H groups in total. The van der Waals surface area contributed by atoms with Crippen LogP contribution in [0.3, 0.4) is 0 Å². The SMILES string of the molecule is CC(C)(C)OC[C@@H]1CC[C@H](Cc2ccc(Cl)cc2)NC1=O. The van der Waals surface area contributed by atoms with E-state index >= 15 is 0 Å². The van der Waals surface area contributed by atoms with Gasteiger partial charge in [-0.1, -0.05) is 23.7 Å². The van der Waals surface area contributed by atoms with Crippen molar-refractivity contribution in [1.29, 1.82) is 0 Å². The maximum Gasteiger partial charge on any atom is 0.225 e. The number of hydrogen-bond acceptors (Lipinski definition) is 2. The Hall–Kier alpha value is -1.06. The van der Waals surface area contributed by atoms with E-state index in [-0.39, 0.29) is 23.5 Å². The predicted octanol–water partition coefficient (Wildman–Crippen LogP) is 3.59. The number of carbonyl (C=O) groups excluding carboxylic acids is 1. The lowest BCUT2D eigenvalue weighted by atomic mass is 9.91. The molecule has 1 aromatic rings. The molecule has 2 atom stereocenters. The van der Waals surface area contributed by atoms with Gasteiger partial charge in [-0.05, 0) is 57.7 Å². The van der Waals surface area contributed by atoms with Crippen molar-refractivity contribution < 1.29 is 9.53 Å². The normalized spacial score (nSPS) is 23.0. The Bertz CT molecular complexity index is 479. The van der Waals surface area contributed by atoms with Crippen molar-refractivity contribution in [3.63, 3.8) is 0 Å². The standard InChI is InChI=1S/C17H24ClNO2/c1-17(2,3)21-11-13-6-9-15(19-16(13)20)10-12-4-7-14(18)8-5-12/h4-5,7-8,13,15H,6,9-11H2,1-3H3,(H,19,20)/t13-,15+/m0/s1. The lowest BCUT2D eigenvalue weighted by Crippen LogP contribution is -2.47. The molecule has 1 aromatic carbocycles. The van der Waals surface area contributed by atoms with E-state index in [0.717, 1.165) is 24.3 Å². The van der Waals surface area contributed by atoms with Gasteiger partial charge in [0.25, 0.3) is 0 Å². The minimum Gasteiger partial charge on any atom is -0.375 e. The van der Waals surface area contributed by atoms with Crippen LogP contribution in [0.25, 0.3) is 0 Å². The lowest BCUT2D eigenvalue weighted by molar-refractivity contribution is -0.132. The van der Waals surface area contributed by atoms with Crippen molar-refractivity contribution in [2.75, 3.05) is 6.61 Å². The Morgan fingerprint density at radius 2 is 1.90 bits per heavy atom. The van der Waals surface area contributed by atoms with Crippen molar-refractivity contribution in [1.82, 2.24) is 5.32 Å². The van der Waals surface area contributed by atoms with E-state index in [0.29, 0.717) is 6.61 Å². The lowest BCUT2D eigenvalue weighted by Gasteiger charge is -2.31. The number of piperidine rings is 1. The molecule has 0 saturated carbocycles. The number of carbonyl (C=O) groups is 1. The first kappa shape index (κ1) is 16.3. The van der Waals surface area contributed by atoms with Crippen LogP contribution in [0, 0.1) is 5.92 Å². The van der Waals surface area contributed by atoms with Gasteiger partial charge in [0.05, 0.1) is 18.1 Å². The van der Waals surface area contributed by atoms with Crippen molar-refractivity contribution in [2.24, 2.45) is 5.92 Å². The summed E-state index contributed by atoms with van der Waals surface area (Å²) in [5.74, 6) is 0.0927. The van der Waals surface area contributed by atoms with Crippen LogP contribution in [-0.2, 0) is 16.0 Å². The first-order chi connectivity index (χ1) is 9.83. The van der Waals surface area contributed by atoms with Gasteiger partial charge in [-0.25, -0.2) is 0 Å². The smallest absolute Gasteiger partial charge is 0.225 e. The van der Waals surface area contributed by atoms with Crippen LogP contribution < -0.4 is 5.32 Å². The van der Waals surface area contributed by atoms with Crippen molar-refractivity contribution in [2.45, 2.75) is 51.7 Å². The molecule has 1 saturated heterocycles. The van der Waals surface area contributed by atoms with Crippen LogP contribution in [0.4, 0.5) is 0 Å². The summed E-state index contributed by atoms with van der Waals surface area (Å²) < 4.78 is 5.73. The molecule has 1 heterocycles. The van der Waals surface area contributed by atoms with Gasteiger partial charge in [-0.15, -0.1) is 0 Å². The zero-order valence-corrected chi connectivity index (χ0v) is 13.7. The first-order valence-electron chi connectivity index (χ1n) is 7.52. The van der Waals surface area contributed by atoms with E-state index in [2.05, 4.69) is 5.32 Å². The van der Waals surface area contributed by atoms with Crippen LogP contribution in [0.5, 0.6) is 0 Å². The van der Waals surface area contributed by atoms with Crippen LogP contribution in [0.2, 0.25) is 5.02 Å². The molecule has 0 spiro atoms. The average molecular weight is 310 g/mol. The summed E-state index contributed by atoms with van der Waals surface area (Å²) in [4.78, 5) is 12.2. The summed E-state index contributed by atoms with van der Waals surface area (Å²) in [6.45, 7) is 6.54. The molecule has 0 aliphatic carbocycles. The molecule has 1 aliphatic heterocycles. The highest BCUT2D eigenvalue weighted by Gasteiger charge is 2.29. The molecule has 2 rings (SSSR count). The van der Waals surface area contributed by atoms with Gasteiger partial charge in [0.15, 0.2) is 0 Å². The summed E-state index contributed by atoms with van der Waals surface area (Å²) in [5.41, 5.74) is 1.01. The third-order valence-electron chi connectivity index (χ3n) is 3.69. The zero-order chi connectivity index (χ0) is 15.5. The molecule has 0 unspecified atom stereocenters. The molecular formula is C17H24ClNO2. The third kappa shape index (κ3) is 5.33. The van der Waals surface area contributed by atoms with Crippen LogP contribution in [0.15, 0.2) is 24.3 Å². The molecule has 0 aromatic heterocycles. The second-order valence-corrected chi connectivity index (χ2v) is 7.17. The van der Waals surface area contributed by atoms with Crippen molar-refractivity contribution >= 4 is 17.5 Å². The fourth-order valence-electron chi connectivity index (χ4n) is 2.49. The third-order valence-corrected chi connectivity index (χ3v) is 3.95. The van der Waals surface area contributed by atoms with Crippen molar-refractivity contribution in [3.05, 3.63) is 34.9 Å². The van der Waals surface area contributed by atoms with Crippen LogP contribution >= 0.6 is 11.6 Å². The Kier molecular flexibility index (Phi) is 5.28. The molecule has 0 radical (unpaired) electrons. The molecular weight excluding hydrogens is 286 g/mol. The molecule has 1 aliphatic rings. The highest BCUT2D eigenvalue weighted by Crippen LogP contribution is 2.21. The topological polar surface area (TPSA) is 38.3 Å². The molecule has 4 heteroatoms. The summed E-state index contributed by atoms with van der Waals surface area (Å²) in [5, 5.41) is 3.86. The molecule has 21 heavy (non-hydrogen) atoms. The molecule has 0 bridgehead atoms. The Balaban J connectivity index is 1.83. The number of rotatable bonds is 4. The van der Waals surface area contributed by atoms with Gasteiger partial charge < -0.3 is 10.1 Å². The minimum absolute atomic E-state index is 0.0225. The predicted molar refractivity (Wildman–Crippen MR) is 85.5 cm³/mol. The number of nitrogens with one attached hydrogen (secondary N) is 1. The fraction of sp³-hybridized carbons (Fsp3) is 0.588. The minimum atomic E-state index is -0.194. The molecule has 116 valence electrons. The largest absolute Gasteiger partial charge is 0.375 e. The van der Waals surface area contributed by atoms with Gasteiger partial charge in [0.1, 0.15) is 0 Å². The number of hydrogen-bond donors (Lipinski definition) is 1. The molecule has 3 nitrogen and oxygen atoms in total. The van der Waals surface area contributed by atoms with Gasteiger partial charge in [-0.2, -0.15) is 0 Å². The maximum absolute atomic E-state index is 12.2. The van der Waals surface area contributed by atoms with E-state index in [1.807, 2.05) is 45.0 Å². The van der Waals surface area contributed by atoms with E-state index in [1.165, 1.54) is 5.56 Å². The Morgan fingerprint density at radius 3 is 2.48 bits per heavy atom. The van der Waals surface area contributed by atoms with E-state index in [1.54, 1.807) is 0 Å². The highest BCUT2D eigenvalue weighted by molar-refractivity contribution is 6.30. The van der Waals surface area contributed by atoms with Crippen LogP contribution in [0.1, 0.15) is 39.2 Å². The van der Waals surface area contributed by atoms with E-state index < -0.39 is 0 Å². The van der Waals surface area contributed by atoms with Crippen LogP contribution in [-0.4, -0.2) is 24.2 Å². The Morgan fingerprint density at radius 1 is 1.24 bits per heavy atom. The van der Waals surface area contributed by atoms with Gasteiger partial charge in [-0.3, -0.25) is 4.79 Å². The summed E-state index contributed by atoms with van der Waals surface area (Å²) in [6.07, 6.45) is 2.74. The van der Waals surface area contributed by atoms with E-state index in [9.17, 15) is 4.79 Å². The van der Waals surface area contributed by atoms with Gasteiger partial charge in [0, 0.05) is 11.1 Å². The monoisotopic (exact) mass is 309 g/mol. The average Bonchev–Trinajstić information content (AvgIpc) is 2.39. The molecule has 1 fully saturated rings. The number of halogens is 1. The second-order valence-electron chi connectivity index (χ2n) is 6.73. The summed E-state index contributed by atoms with van der Waals surface area (Å²) in [7, 11) is 0.